The summed E-state index contributed by atoms with van der Waals surface area (Å²) in [5.41, 5.74) is 1.02. The van der Waals surface area contributed by atoms with E-state index in [2.05, 4.69) is 9.80 Å². The number of likely N-dealkylation sites (tertiary alicyclic amines) is 1. The Morgan fingerprint density at radius 1 is 1.24 bits per heavy atom. The lowest BCUT2D eigenvalue weighted by molar-refractivity contribution is -0.137. The highest BCUT2D eigenvalue weighted by Crippen LogP contribution is 2.23. The maximum Gasteiger partial charge on any atom is 0.227 e. The molecule has 0 unspecified atom stereocenters. The number of phenols is 1. The molecule has 0 aromatic heterocycles. The van der Waals surface area contributed by atoms with E-state index in [0.29, 0.717) is 5.91 Å². The third kappa shape index (κ3) is 4.64. The normalized spacial score (nSPS) is 22.2. The number of aromatic hydroxyl groups is 1. The summed E-state index contributed by atoms with van der Waals surface area (Å²) in [6.07, 6.45) is 2.08. The van der Waals surface area contributed by atoms with Crippen molar-refractivity contribution in [1.29, 1.82) is 0 Å². The first kappa shape index (κ1) is 18.0. The Labute approximate surface area is 150 Å². The highest BCUT2D eigenvalue weighted by Gasteiger charge is 2.30. The fourth-order valence-electron chi connectivity index (χ4n) is 3.81. The number of hydrogen-bond donors (Lipinski definition) is 1. The summed E-state index contributed by atoms with van der Waals surface area (Å²) in [5, 5.41) is 9.64. The van der Waals surface area contributed by atoms with Gasteiger partial charge in [-0.15, -0.1) is 0 Å². The number of phenolic OH excluding ortho intramolecular Hbond substituents is 1. The SMILES string of the molecule is COCCN1CCC[C@H](C(=O)N2CCN(c3cccc(O)c3)CC2)C1. The van der Waals surface area contributed by atoms with Gasteiger partial charge in [0.05, 0.1) is 12.5 Å². The summed E-state index contributed by atoms with van der Waals surface area (Å²) in [4.78, 5) is 19.5. The van der Waals surface area contributed by atoms with Crippen LogP contribution >= 0.6 is 0 Å². The number of rotatable bonds is 5. The van der Waals surface area contributed by atoms with Gasteiger partial charge < -0.3 is 24.5 Å². The molecule has 0 aliphatic carbocycles. The van der Waals surface area contributed by atoms with Crippen LogP contribution in [0.1, 0.15) is 12.8 Å². The van der Waals surface area contributed by atoms with Crippen molar-refractivity contribution in [1.82, 2.24) is 9.80 Å². The van der Waals surface area contributed by atoms with Gasteiger partial charge >= 0.3 is 0 Å². The van der Waals surface area contributed by atoms with Gasteiger partial charge in [0.2, 0.25) is 5.91 Å². The first-order valence-corrected chi connectivity index (χ1v) is 9.21. The molecule has 1 atom stereocenters. The molecule has 1 aromatic rings. The Kier molecular flexibility index (Phi) is 6.15. The van der Waals surface area contributed by atoms with Gasteiger partial charge in [-0.25, -0.2) is 0 Å². The van der Waals surface area contributed by atoms with E-state index in [9.17, 15) is 9.90 Å². The minimum Gasteiger partial charge on any atom is -0.508 e. The van der Waals surface area contributed by atoms with E-state index >= 15 is 0 Å². The average Bonchev–Trinajstić information content (AvgIpc) is 2.66. The molecule has 2 aliphatic heterocycles. The quantitative estimate of drug-likeness (QED) is 0.873. The lowest BCUT2D eigenvalue weighted by Gasteiger charge is -2.39. The van der Waals surface area contributed by atoms with E-state index in [1.54, 1.807) is 19.2 Å². The second-order valence-corrected chi connectivity index (χ2v) is 6.96. The lowest BCUT2D eigenvalue weighted by Crippen LogP contribution is -2.52. The zero-order valence-electron chi connectivity index (χ0n) is 15.1. The molecule has 1 aromatic carbocycles. The molecule has 0 bridgehead atoms. The third-order valence-corrected chi connectivity index (χ3v) is 5.25. The van der Waals surface area contributed by atoms with Crippen LogP contribution in [-0.2, 0) is 9.53 Å². The Hall–Kier alpha value is -1.79. The van der Waals surface area contributed by atoms with Gasteiger partial charge in [0.1, 0.15) is 5.75 Å². The lowest BCUT2D eigenvalue weighted by atomic mass is 9.96. The van der Waals surface area contributed by atoms with Crippen LogP contribution in [0.5, 0.6) is 5.75 Å². The van der Waals surface area contributed by atoms with Crippen molar-refractivity contribution in [3.63, 3.8) is 0 Å². The number of hydrogen-bond acceptors (Lipinski definition) is 5. The predicted molar refractivity (Wildman–Crippen MR) is 97.9 cm³/mol. The zero-order chi connectivity index (χ0) is 17.6. The van der Waals surface area contributed by atoms with Gasteiger partial charge in [-0.05, 0) is 31.5 Å². The van der Waals surface area contributed by atoms with Gasteiger partial charge in [0, 0.05) is 58.1 Å². The van der Waals surface area contributed by atoms with Crippen LogP contribution in [0.3, 0.4) is 0 Å². The summed E-state index contributed by atoms with van der Waals surface area (Å²) in [6, 6.07) is 7.33. The number of piperazine rings is 1. The van der Waals surface area contributed by atoms with Crippen molar-refractivity contribution in [3.8, 4) is 5.75 Å². The molecule has 3 rings (SSSR count). The Balaban J connectivity index is 1.51. The highest BCUT2D eigenvalue weighted by atomic mass is 16.5. The van der Waals surface area contributed by atoms with Crippen molar-refractivity contribution >= 4 is 11.6 Å². The number of ether oxygens (including phenoxy) is 1. The molecule has 6 heteroatoms. The summed E-state index contributed by atoms with van der Waals surface area (Å²) >= 11 is 0. The number of benzene rings is 1. The number of piperidine rings is 1. The molecule has 2 aliphatic rings. The van der Waals surface area contributed by atoms with Crippen LogP contribution in [0.25, 0.3) is 0 Å². The van der Waals surface area contributed by atoms with Gasteiger partial charge in [-0.1, -0.05) is 6.07 Å². The summed E-state index contributed by atoms with van der Waals surface area (Å²) in [6.45, 7) is 6.69. The molecule has 0 spiro atoms. The number of amides is 1. The number of methoxy groups -OCH3 is 1. The van der Waals surface area contributed by atoms with Crippen LogP contribution in [0.4, 0.5) is 5.69 Å². The number of carbonyl (C=O) groups is 1. The Morgan fingerprint density at radius 3 is 2.76 bits per heavy atom. The average molecular weight is 347 g/mol. The summed E-state index contributed by atoms with van der Waals surface area (Å²) in [7, 11) is 1.72. The molecule has 2 saturated heterocycles. The van der Waals surface area contributed by atoms with E-state index in [0.717, 1.165) is 70.9 Å². The topological polar surface area (TPSA) is 56.2 Å². The molecule has 25 heavy (non-hydrogen) atoms. The molecule has 6 nitrogen and oxygen atoms in total. The fourth-order valence-corrected chi connectivity index (χ4v) is 3.81. The van der Waals surface area contributed by atoms with Crippen LogP contribution in [0.15, 0.2) is 24.3 Å². The van der Waals surface area contributed by atoms with Crippen LogP contribution in [0.2, 0.25) is 0 Å². The number of nitrogens with zero attached hydrogens (tertiary/aromatic N) is 3. The standard InChI is InChI=1S/C19H29N3O3/c1-25-13-12-20-7-3-4-16(15-20)19(24)22-10-8-21(9-11-22)17-5-2-6-18(23)14-17/h2,5-6,14,16,23H,3-4,7-13,15H2,1H3/t16-/m0/s1. The Morgan fingerprint density at radius 2 is 2.04 bits per heavy atom. The molecule has 1 amide bonds. The molecule has 2 fully saturated rings. The molecular weight excluding hydrogens is 318 g/mol. The smallest absolute Gasteiger partial charge is 0.227 e. The van der Waals surface area contributed by atoms with Crippen molar-refractivity contribution in [2.24, 2.45) is 5.92 Å². The third-order valence-electron chi connectivity index (χ3n) is 5.25. The van der Waals surface area contributed by atoms with E-state index in [1.165, 1.54) is 0 Å². The predicted octanol–water partition coefficient (Wildman–Crippen LogP) is 1.40. The minimum absolute atomic E-state index is 0.123. The maximum absolute atomic E-state index is 12.9. The zero-order valence-corrected chi connectivity index (χ0v) is 15.1. The van der Waals surface area contributed by atoms with Gasteiger partial charge in [-0.3, -0.25) is 4.79 Å². The van der Waals surface area contributed by atoms with Gasteiger partial charge in [-0.2, -0.15) is 0 Å². The van der Waals surface area contributed by atoms with E-state index < -0.39 is 0 Å². The van der Waals surface area contributed by atoms with Crippen LogP contribution in [0, 0.1) is 5.92 Å². The van der Waals surface area contributed by atoms with Crippen molar-refractivity contribution in [3.05, 3.63) is 24.3 Å². The van der Waals surface area contributed by atoms with Gasteiger partial charge in [0.25, 0.3) is 0 Å². The van der Waals surface area contributed by atoms with Crippen LogP contribution in [-0.4, -0.2) is 80.3 Å². The largest absolute Gasteiger partial charge is 0.508 e. The van der Waals surface area contributed by atoms with E-state index in [1.807, 2.05) is 17.0 Å². The van der Waals surface area contributed by atoms with Crippen molar-refractivity contribution in [2.75, 3.05) is 64.4 Å². The minimum atomic E-state index is 0.123. The van der Waals surface area contributed by atoms with E-state index in [-0.39, 0.29) is 11.7 Å². The summed E-state index contributed by atoms with van der Waals surface area (Å²) < 4.78 is 5.16. The van der Waals surface area contributed by atoms with Crippen molar-refractivity contribution < 1.29 is 14.6 Å². The van der Waals surface area contributed by atoms with Crippen molar-refractivity contribution in [2.45, 2.75) is 12.8 Å². The second-order valence-electron chi connectivity index (χ2n) is 6.96. The molecule has 138 valence electrons. The fraction of sp³-hybridized carbons (Fsp3) is 0.632. The second kappa shape index (κ2) is 8.54. The van der Waals surface area contributed by atoms with E-state index in [4.69, 9.17) is 4.74 Å². The number of carbonyl (C=O) groups excluding carboxylic acids is 1. The maximum atomic E-state index is 12.9. The highest BCUT2D eigenvalue weighted by molar-refractivity contribution is 5.79. The first-order chi connectivity index (χ1) is 12.2. The molecule has 0 radical (unpaired) electrons. The van der Waals surface area contributed by atoms with Gasteiger partial charge in [0.15, 0.2) is 0 Å². The molecule has 2 heterocycles. The number of anilines is 1. The Bertz CT molecular complexity index is 573. The molecule has 1 N–H and O–H groups in total. The summed E-state index contributed by atoms with van der Waals surface area (Å²) in [5.74, 6) is 0.713. The first-order valence-electron chi connectivity index (χ1n) is 9.21. The monoisotopic (exact) mass is 347 g/mol. The molecule has 0 saturated carbocycles. The van der Waals surface area contributed by atoms with Crippen LogP contribution < -0.4 is 4.90 Å². The molecular formula is C19H29N3O3.